The molecule has 0 aliphatic carbocycles. The zero-order valence-electron chi connectivity index (χ0n) is 30.2. The van der Waals surface area contributed by atoms with E-state index in [4.69, 9.17) is 21.1 Å². The summed E-state index contributed by atoms with van der Waals surface area (Å²) in [5.41, 5.74) is 9.73. The first-order valence-corrected chi connectivity index (χ1v) is 21.1. The molecule has 0 radical (unpaired) electrons. The van der Waals surface area contributed by atoms with Crippen LogP contribution in [0.5, 0.6) is 11.5 Å². The summed E-state index contributed by atoms with van der Waals surface area (Å²) >= 11 is 20.2. The van der Waals surface area contributed by atoms with Gasteiger partial charge in [0.25, 0.3) is 5.56 Å². The predicted molar refractivity (Wildman–Crippen MR) is 216 cm³/mol. The Bertz CT molecular complexity index is 2730. The minimum absolute atomic E-state index is 0.135. The molecule has 19 heteroatoms. The summed E-state index contributed by atoms with van der Waals surface area (Å²) in [6, 6.07) is 18.8. The summed E-state index contributed by atoms with van der Waals surface area (Å²) in [4.78, 5) is 21.4. The van der Waals surface area contributed by atoms with Crippen LogP contribution in [0.1, 0.15) is 22.8 Å². The number of hydrogen-bond donors (Lipinski definition) is 1. The van der Waals surface area contributed by atoms with Gasteiger partial charge in [-0.3, -0.25) is 14.5 Å². The summed E-state index contributed by atoms with van der Waals surface area (Å²) < 4.78 is 27.4. The van der Waals surface area contributed by atoms with E-state index in [0.717, 1.165) is 56.5 Å². The number of rotatable bonds is 6. The van der Waals surface area contributed by atoms with E-state index in [1.54, 1.807) is 46.6 Å². The Morgan fingerprint density at radius 2 is 1.24 bits per heavy atom. The quantitative estimate of drug-likeness (QED) is 0.128. The van der Waals surface area contributed by atoms with Crippen molar-refractivity contribution in [3.63, 3.8) is 0 Å². The Balaban J connectivity index is 0.000000167. The van der Waals surface area contributed by atoms with Gasteiger partial charge >= 0.3 is 5.20 Å². The van der Waals surface area contributed by atoms with E-state index in [9.17, 15) is 9.36 Å². The number of aromatic nitrogens is 10. The maximum Gasteiger partial charge on any atom is 0.339 e. The minimum atomic E-state index is -3.22. The Morgan fingerprint density at radius 3 is 1.75 bits per heavy atom. The molecule has 0 aliphatic rings. The molecule has 0 saturated heterocycles. The van der Waals surface area contributed by atoms with Crippen molar-refractivity contribution >= 4 is 61.8 Å². The van der Waals surface area contributed by atoms with Crippen LogP contribution >= 0.6 is 50.5 Å². The van der Waals surface area contributed by atoms with Gasteiger partial charge in [0.05, 0.1) is 42.4 Å². The monoisotopic (exact) mass is 840 g/mol. The van der Waals surface area contributed by atoms with Gasteiger partial charge in [-0.2, -0.15) is 15.3 Å². The molecule has 6 heterocycles. The van der Waals surface area contributed by atoms with Gasteiger partial charge in [0.1, 0.15) is 16.7 Å². The minimum Gasteiger partial charge on any atom is -0.496 e. The number of aryl methyl sites for hydroxylation is 4. The van der Waals surface area contributed by atoms with Gasteiger partial charge in [0.15, 0.2) is 11.3 Å². The van der Waals surface area contributed by atoms with Crippen LogP contribution in [0.15, 0.2) is 90.2 Å². The van der Waals surface area contributed by atoms with Gasteiger partial charge in [-0.05, 0) is 104 Å². The molecule has 55 heavy (non-hydrogen) atoms. The average molecular weight is 843 g/mol. The van der Waals surface area contributed by atoms with Crippen LogP contribution in [-0.4, -0.2) is 63.0 Å². The van der Waals surface area contributed by atoms with Gasteiger partial charge < -0.3 is 9.47 Å². The van der Waals surface area contributed by atoms with E-state index in [2.05, 4.69) is 64.1 Å². The standard InChI is InChI=1S/C18H16ClN5O.C18H17N5O2.Cl3OP/c1-11-9-16(19)24-18(21-11)17(12(2)22-24)14-6-5-13(10-15(14)25-3)23-8-4-7-20-23;1-11-9-16(24)23-18(20-11)17(12(2)21-23)14-6-5-13(10-15(14)25-3)22-8-4-7-19-22;1-5(2,3)4/h4-10H,1-3H3;4-10,21H,1-3H3;. The lowest BCUT2D eigenvalue weighted by Crippen LogP contribution is -2.14. The van der Waals surface area contributed by atoms with Crippen molar-refractivity contribution in [1.82, 2.24) is 48.8 Å². The molecule has 14 nitrogen and oxygen atoms in total. The number of halogens is 4. The van der Waals surface area contributed by atoms with E-state index in [1.165, 1.54) is 10.6 Å². The fourth-order valence-electron chi connectivity index (χ4n) is 6.00. The maximum atomic E-state index is 12.2. The smallest absolute Gasteiger partial charge is 0.339 e. The number of nitrogens with zero attached hydrogens (tertiary/aromatic N) is 9. The molecule has 0 fully saturated rings. The Morgan fingerprint density at radius 1 is 0.727 bits per heavy atom. The molecule has 6 aromatic heterocycles. The van der Waals surface area contributed by atoms with Crippen LogP contribution in [0.2, 0.25) is 5.15 Å². The van der Waals surface area contributed by atoms with Gasteiger partial charge in [-0.15, -0.1) is 0 Å². The van der Waals surface area contributed by atoms with Crippen LogP contribution in [0.25, 0.3) is 44.9 Å². The summed E-state index contributed by atoms with van der Waals surface area (Å²) in [5, 5.41) is 13.4. The first-order valence-electron chi connectivity index (χ1n) is 16.3. The van der Waals surface area contributed by atoms with Crippen LogP contribution in [0.3, 0.4) is 0 Å². The number of H-pyrrole nitrogens is 1. The topological polar surface area (TPSA) is 152 Å². The van der Waals surface area contributed by atoms with E-state index >= 15 is 0 Å². The fraction of sp³-hybridized carbons (Fsp3) is 0.167. The first-order chi connectivity index (χ1) is 26.2. The molecule has 0 amide bonds. The van der Waals surface area contributed by atoms with Crippen molar-refractivity contribution < 1.29 is 14.0 Å². The van der Waals surface area contributed by atoms with Crippen molar-refractivity contribution in [1.29, 1.82) is 0 Å². The molecule has 0 aliphatic heterocycles. The Labute approximate surface area is 333 Å². The molecule has 8 rings (SSSR count). The lowest BCUT2D eigenvalue weighted by molar-refractivity contribution is 0.416. The number of nitrogens with one attached hydrogen (secondary N) is 1. The third kappa shape index (κ3) is 8.74. The molecule has 0 unspecified atom stereocenters. The van der Waals surface area contributed by atoms with Gasteiger partial charge in [0.2, 0.25) is 0 Å². The largest absolute Gasteiger partial charge is 0.496 e. The number of aromatic amines is 1. The van der Waals surface area contributed by atoms with Gasteiger partial charge in [0, 0.05) is 71.2 Å². The third-order valence-electron chi connectivity index (χ3n) is 8.22. The van der Waals surface area contributed by atoms with E-state index < -0.39 is 5.20 Å². The first kappa shape index (κ1) is 39.6. The molecular weight excluding hydrogens is 809 g/mol. The lowest BCUT2D eigenvalue weighted by atomic mass is 10.0. The number of hydrogen-bond acceptors (Lipinski definition) is 9. The lowest BCUT2D eigenvalue weighted by Gasteiger charge is -2.11. The van der Waals surface area contributed by atoms with Crippen molar-refractivity contribution in [3.05, 3.63) is 124 Å². The van der Waals surface area contributed by atoms with Crippen molar-refractivity contribution in [2.24, 2.45) is 0 Å². The van der Waals surface area contributed by atoms with Crippen molar-refractivity contribution in [2.45, 2.75) is 27.7 Å². The fourth-order valence-corrected chi connectivity index (χ4v) is 6.28. The highest BCUT2D eigenvalue weighted by Crippen LogP contribution is 2.61. The third-order valence-corrected chi connectivity index (χ3v) is 8.49. The van der Waals surface area contributed by atoms with Crippen LogP contribution in [0.4, 0.5) is 0 Å². The zero-order valence-corrected chi connectivity index (χ0v) is 34.1. The molecular formula is C36H33Cl4N10O4P. The predicted octanol–water partition coefficient (Wildman–Crippen LogP) is 9.17. The molecule has 1 N–H and O–H groups in total. The molecule has 0 saturated carbocycles. The number of ether oxygens (including phenoxy) is 2. The Hall–Kier alpha value is -5.11. The second-order valence-corrected chi connectivity index (χ2v) is 19.0. The summed E-state index contributed by atoms with van der Waals surface area (Å²) in [6.45, 7) is 7.58. The normalized spacial score (nSPS) is 11.2. The summed E-state index contributed by atoms with van der Waals surface area (Å²) in [5.74, 6) is 1.42. The van der Waals surface area contributed by atoms with E-state index in [-0.39, 0.29) is 5.56 Å². The van der Waals surface area contributed by atoms with Gasteiger partial charge in [-0.25, -0.2) is 28.4 Å². The number of fused-ring (bicyclic) bond motifs is 2. The molecule has 284 valence electrons. The summed E-state index contributed by atoms with van der Waals surface area (Å²) in [7, 11) is 3.28. The number of methoxy groups -OCH3 is 2. The second-order valence-electron chi connectivity index (χ2n) is 12.0. The highest BCUT2D eigenvalue weighted by Gasteiger charge is 2.20. The highest BCUT2D eigenvalue weighted by atomic mass is 36.0. The second kappa shape index (κ2) is 16.3. The van der Waals surface area contributed by atoms with E-state index in [1.807, 2.05) is 88.6 Å². The molecule has 0 bridgehead atoms. The van der Waals surface area contributed by atoms with E-state index in [0.29, 0.717) is 27.9 Å². The van der Waals surface area contributed by atoms with Crippen molar-refractivity contribution in [3.8, 4) is 45.1 Å². The molecule has 8 aromatic rings. The van der Waals surface area contributed by atoms with Crippen LogP contribution in [-0.2, 0) is 4.57 Å². The maximum absolute atomic E-state index is 12.2. The zero-order chi connectivity index (χ0) is 39.6. The SMILES string of the molecule is COc1cc(-n2cccn2)ccc1-c1c(C)[nH]n2c(=O)cc(C)nc12.COc1cc(-n2cccn2)ccc1-c1c(C)nn2c(Cl)cc(C)nc12.O=P(Cl)(Cl)Cl. The van der Waals surface area contributed by atoms with Gasteiger partial charge in [-0.1, -0.05) is 11.6 Å². The highest BCUT2D eigenvalue weighted by molar-refractivity contribution is 8.24. The molecule has 0 atom stereocenters. The van der Waals surface area contributed by atoms with Crippen LogP contribution in [0, 0.1) is 27.7 Å². The molecule has 2 aromatic carbocycles. The van der Waals surface area contributed by atoms with Crippen molar-refractivity contribution in [2.75, 3.05) is 14.2 Å². The molecule has 0 spiro atoms. The average Bonchev–Trinajstić information content (AvgIpc) is 3.95. The summed E-state index contributed by atoms with van der Waals surface area (Å²) in [6.07, 6.45) is 7.23. The Kier molecular flexibility index (Phi) is 11.7. The number of benzene rings is 2. The van der Waals surface area contributed by atoms with Crippen LogP contribution < -0.4 is 15.0 Å².